The van der Waals surface area contributed by atoms with Crippen LogP contribution in [-0.4, -0.2) is 43.0 Å². The van der Waals surface area contributed by atoms with Gasteiger partial charge in [0.1, 0.15) is 0 Å². The van der Waals surface area contributed by atoms with Crippen molar-refractivity contribution in [3.63, 3.8) is 0 Å². The number of nitrogens with zero attached hydrogens (tertiary/aromatic N) is 1. The van der Waals surface area contributed by atoms with Gasteiger partial charge in [-0.15, -0.1) is 11.3 Å². The third-order valence-electron chi connectivity index (χ3n) is 5.41. The van der Waals surface area contributed by atoms with Gasteiger partial charge in [-0.1, -0.05) is 11.6 Å². The number of fused-ring (bicyclic) bond motifs is 1. The molecule has 2 aliphatic rings. The summed E-state index contributed by atoms with van der Waals surface area (Å²) in [6.45, 7) is 4.43. The van der Waals surface area contributed by atoms with Crippen molar-refractivity contribution in [2.75, 3.05) is 31.6 Å². The van der Waals surface area contributed by atoms with Gasteiger partial charge in [0.05, 0.1) is 18.1 Å². The fourth-order valence-electron chi connectivity index (χ4n) is 3.78. The molecule has 1 atom stereocenters. The molecule has 0 radical (unpaired) electrons. The van der Waals surface area contributed by atoms with Gasteiger partial charge in [0.15, 0.2) is 0 Å². The van der Waals surface area contributed by atoms with Crippen LogP contribution in [0.5, 0.6) is 0 Å². The Morgan fingerprint density at radius 1 is 1.25 bits per heavy atom. The number of carbonyl (C=O) groups excluding carboxylic acids is 2. The van der Waals surface area contributed by atoms with E-state index in [9.17, 15) is 9.59 Å². The maximum Gasteiger partial charge on any atom is 0.264 e. The van der Waals surface area contributed by atoms with Crippen molar-refractivity contribution in [1.29, 1.82) is 0 Å². The maximum atomic E-state index is 12.8. The van der Waals surface area contributed by atoms with E-state index in [-0.39, 0.29) is 17.7 Å². The summed E-state index contributed by atoms with van der Waals surface area (Å²) in [6.07, 6.45) is 2.33. The number of hydrogen-bond donors (Lipinski definition) is 1. The number of morpholine rings is 1. The molecular formula is C21H23ClN2O3S. The molecule has 5 nitrogen and oxygen atoms in total. The number of nitrogens with one attached hydrogen (secondary N) is 1. The second kappa shape index (κ2) is 8.23. The summed E-state index contributed by atoms with van der Waals surface area (Å²) in [4.78, 5) is 29.4. The van der Waals surface area contributed by atoms with Gasteiger partial charge in [-0.2, -0.15) is 0 Å². The van der Waals surface area contributed by atoms with E-state index in [2.05, 4.69) is 5.32 Å². The number of ether oxygens (including phenoxy) is 1. The summed E-state index contributed by atoms with van der Waals surface area (Å²) in [5.41, 5.74) is 2.89. The van der Waals surface area contributed by atoms with E-state index < -0.39 is 0 Å². The number of amides is 2. The molecule has 1 N–H and O–H groups in total. The molecule has 0 bridgehead atoms. The second-order valence-corrected chi connectivity index (χ2v) is 8.93. The van der Waals surface area contributed by atoms with E-state index >= 15 is 0 Å². The molecule has 1 aliphatic heterocycles. The summed E-state index contributed by atoms with van der Waals surface area (Å²) in [5, 5.41) is 3.70. The Balaban J connectivity index is 1.43. The van der Waals surface area contributed by atoms with Crippen LogP contribution in [-0.2, 0) is 22.4 Å². The van der Waals surface area contributed by atoms with E-state index in [4.69, 9.17) is 16.3 Å². The zero-order valence-corrected chi connectivity index (χ0v) is 17.4. The topological polar surface area (TPSA) is 58.6 Å². The van der Waals surface area contributed by atoms with Crippen molar-refractivity contribution >= 4 is 40.4 Å². The van der Waals surface area contributed by atoms with Gasteiger partial charge in [-0.25, -0.2) is 0 Å². The van der Waals surface area contributed by atoms with Gasteiger partial charge in [0.25, 0.3) is 5.91 Å². The molecule has 1 fully saturated rings. The molecule has 1 aliphatic carbocycles. The average molecular weight is 419 g/mol. The Hall–Kier alpha value is -1.89. The minimum Gasteiger partial charge on any atom is -0.378 e. The number of anilines is 1. The number of benzene rings is 1. The quantitative estimate of drug-likeness (QED) is 0.821. The summed E-state index contributed by atoms with van der Waals surface area (Å²) >= 11 is 7.57. The average Bonchev–Trinajstić information content (AvgIpc) is 3.13. The van der Waals surface area contributed by atoms with Crippen LogP contribution < -0.4 is 5.32 Å². The number of halogens is 1. The molecule has 7 heteroatoms. The SMILES string of the molecule is Cc1cc(Cl)ccc1NC(=O)[C@@H]1CCc2sc(C(=O)N3CCOCC3)cc2C1. The molecule has 0 unspecified atom stereocenters. The van der Waals surface area contributed by atoms with Crippen LogP contribution >= 0.6 is 22.9 Å². The van der Waals surface area contributed by atoms with Gasteiger partial charge >= 0.3 is 0 Å². The molecule has 148 valence electrons. The summed E-state index contributed by atoms with van der Waals surface area (Å²) < 4.78 is 5.33. The number of rotatable bonds is 3. The Morgan fingerprint density at radius 2 is 2.04 bits per heavy atom. The van der Waals surface area contributed by atoms with Crippen LogP contribution in [0.25, 0.3) is 0 Å². The molecule has 2 heterocycles. The third kappa shape index (κ3) is 4.09. The van der Waals surface area contributed by atoms with E-state index in [1.165, 1.54) is 4.88 Å². The van der Waals surface area contributed by atoms with E-state index in [1.54, 1.807) is 17.4 Å². The fraction of sp³-hybridized carbons (Fsp3) is 0.429. The predicted molar refractivity (Wildman–Crippen MR) is 111 cm³/mol. The lowest BCUT2D eigenvalue weighted by molar-refractivity contribution is -0.120. The van der Waals surface area contributed by atoms with E-state index in [0.717, 1.165) is 34.5 Å². The predicted octanol–water partition coefficient (Wildman–Crippen LogP) is 3.93. The minimum absolute atomic E-state index is 0.0309. The van der Waals surface area contributed by atoms with Crippen LogP contribution in [0.2, 0.25) is 5.02 Å². The summed E-state index contributed by atoms with van der Waals surface area (Å²) in [5.74, 6) is 0.0346. The standard InChI is InChI=1S/C21H23ClN2O3S/c1-13-10-16(22)3-4-17(13)23-20(25)14-2-5-18-15(11-14)12-19(28-18)21(26)24-6-8-27-9-7-24/h3-4,10,12,14H,2,5-9,11H2,1H3,(H,23,25)/t14-/m1/s1. The molecule has 1 saturated heterocycles. The lowest BCUT2D eigenvalue weighted by Crippen LogP contribution is -2.40. The number of carbonyl (C=O) groups is 2. The first-order valence-corrected chi connectivity index (χ1v) is 10.8. The Kier molecular flexibility index (Phi) is 5.71. The van der Waals surface area contributed by atoms with E-state index in [0.29, 0.717) is 37.7 Å². The second-order valence-electron chi connectivity index (χ2n) is 7.35. The minimum atomic E-state index is -0.0801. The largest absolute Gasteiger partial charge is 0.378 e. The molecule has 1 aromatic heterocycles. The molecule has 4 rings (SSSR count). The highest BCUT2D eigenvalue weighted by molar-refractivity contribution is 7.14. The van der Waals surface area contributed by atoms with Crippen molar-refractivity contribution in [2.45, 2.75) is 26.2 Å². The lowest BCUT2D eigenvalue weighted by atomic mass is 9.87. The molecule has 2 amide bonds. The molecule has 0 saturated carbocycles. The van der Waals surface area contributed by atoms with Crippen molar-refractivity contribution in [1.82, 2.24) is 4.90 Å². The zero-order valence-electron chi connectivity index (χ0n) is 15.8. The monoisotopic (exact) mass is 418 g/mol. The van der Waals surface area contributed by atoms with E-state index in [1.807, 2.05) is 30.0 Å². The van der Waals surface area contributed by atoms with Crippen LogP contribution in [0, 0.1) is 12.8 Å². The first kappa shape index (κ1) is 19.4. The highest BCUT2D eigenvalue weighted by atomic mass is 35.5. The molecule has 2 aromatic rings. The van der Waals surface area contributed by atoms with Gasteiger partial charge < -0.3 is 15.0 Å². The van der Waals surface area contributed by atoms with Crippen LogP contribution in [0.4, 0.5) is 5.69 Å². The Morgan fingerprint density at radius 3 is 2.79 bits per heavy atom. The van der Waals surface area contributed by atoms with Crippen molar-refractivity contribution in [2.24, 2.45) is 5.92 Å². The van der Waals surface area contributed by atoms with Gasteiger partial charge in [-0.3, -0.25) is 9.59 Å². The summed E-state index contributed by atoms with van der Waals surface area (Å²) in [6, 6.07) is 7.46. The van der Waals surface area contributed by atoms with Crippen molar-refractivity contribution in [3.8, 4) is 0 Å². The van der Waals surface area contributed by atoms with Crippen LogP contribution in [0.15, 0.2) is 24.3 Å². The smallest absolute Gasteiger partial charge is 0.264 e. The maximum absolute atomic E-state index is 12.8. The number of hydrogen-bond acceptors (Lipinski definition) is 4. The Bertz CT molecular complexity index is 905. The number of aryl methyl sites for hydroxylation is 2. The lowest BCUT2D eigenvalue weighted by Gasteiger charge is -2.26. The van der Waals surface area contributed by atoms with Crippen LogP contribution in [0.1, 0.15) is 32.1 Å². The first-order valence-electron chi connectivity index (χ1n) is 9.57. The first-order chi connectivity index (χ1) is 13.5. The van der Waals surface area contributed by atoms with Crippen molar-refractivity contribution in [3.05, 3.63) is 50.2 Å². The normalized spacial score (nSPS) is 19.2. The van der Waals surface area contributed by atoms with Gasteiger partial charge in [0, 0.05) is 34.6 Å². The van der Waals surface area contributed by atoms with Gasteiger partial charge in [0.2, 0.25) is 5.91 Å². The molecule has 0 spiro atoms. The van der Waals surface area contributed by atoms with Crippen LogP contribution in [0.3, 0.4) is 0 Å². The molecular weight excluding hydrogens is 396 g/mol. The van der Waals surface area contributed by atoms with Gasteiger partial charge in [-0.05, 0) is 61.6 Å². The summed E-state index contributed by atoms with van der Waals surface area (Å²) in [7, 11) is 0. The Labute approximate surface area is 173 Å². The molecule has 1 aromatic carbocycles. The zero-order chi connectivity index (χ0) is 19.7. The third-order valence-corrected chi connectivity index (χ3v) is 6.87. The number of thiophene rings is 1. The fourth-order valence-corrected chi connectivity index (χ4v) is 5.18. The highest BCUT2D eigenvalue weighted by Crippen LogP contribution is 2.34. The molecule has 28 heavy (non-hydrogen) atoms. The van der Waals surface area contributed by atoms with Crippen molar-refractivity contribution < 1.29 is 14.3 Å². The highest BCUT2D eigenvalue weighted by Gasteiger charge is 2.29.